The normalized spacial score (nSPS) is 31.9. The lowest BCUT2D eigenvalue weighted by Gasteiger charge is -2.42. The molecule has 0 aromatic rings. The lowest BCUT2D eigenvalue weighted by molar-refractivity contribution is -0.319. The first-order valence-electron chi connectivity index (χ1n) is 10.0. The van der Waals surface area contributed by atoms with E-state index in [1.54, 1.807) is 26.8 Å². The summed E-state index contributed by atoms with van der Waals surface area (Å²) in [7, 11) is 0. The Balaban J connectivity index is 2.63. The monoisotopic (exact) mass is 418 g/mol. The Morgan fingerprint density at radius 2 is 1.79 bits per heavy atom. The molecule has 0 saturated carbocycles. The summed E-state index contributed by atoms with van der Waals surface area (Å²) in [6.07, 6.45) is -1.63. The molecule has 1 aliphatic heterocycles. The first-order chi connectivity index (χ1) is 13.3. The third-order valence-corrected chi connectivity index (χ3v) is 5.43. The molecule has 0 radical (unpaired) electrons. The molecule has 6 N–H and O–H groups in total. The van der Waals surface area contributed by atoms with E-state index in [4.69, 9.17) is 9.47 Å². The minimum Gasteiger partial charge on any atom is -0.394 e. The van der Waals surface area contributed by atoms with Gasteiger partial charge in [0.2, 0.25) is 0 Å². The number of hydrogen-bond acceptors (Lipinski definition) is 8. The van der Waals surface area contributed by atoms with Crippen molar-refractivity contribution in [2.75, 3.05) is 6.61 Å². The smallest absolute Gasteiger partial charge is 0.187 e. The largest absolute Gasteiger partial charge is 0.394 e. The number of hydrogen-bond donors (Lipinski definition) is 6. The molecule has 29 heavy (non-hydrogen) atoms. The van der Waals surface area contributed by atoms with Crippen LogP contribution in [0.2, 0.25) is 0 Å². The Hall–Kier alpha value is -0.840. The van der Waals surface area contributed by atoms with Gasteiger partial charge in [0.15, 0.2) is 6.29 Å². The predicted octanol–water partition coefficient (Wildman–Crippen LogP) is 0.386. The summed E-state index contributed by atoms with van der Waals surface area (Å²) >= 11 is 0. The molecule has 0 bridgehead atoms. The van der Waals surface area contributed by atoms with E-state index in [1.807, 2.05) is 13.0 Å². The van der Waals surface area contributed by atoms with E-state index in [9.17, 15) is 30.6 Å². The molecule has 1 rings (SSSR count). The topological polar surface area (TPSA) is 140 Å². The standard InChI is InChI=1S/C21H38O8/c1-6-21(5,11-7-8-13(2)9-10-15(23)20(3,4)27)29-19-18(26)17(25)16(24)14(12-22)28-19/h6,8,14-19,22-27H,1,7,9-12H2,2-5H3/b13-8+/t14-,15+,16-,17+,18-,19+,21-/m1/s1. The molecule has 8 nitrogen and oxygen atoms in total. The molecule has 7 atom stereocenters. The number of ether oxygens (including phenoxy) is 2. The van der Waals surface area contributed by atoms with Crippen molar-refractivity contribution in [3.05, 3.63) is 24.3 Å². The molecular formula is C21H38O8. The highest BCUT2D eigenvalue weighted by molar-refractivity contribution is 5.03. The summed E-state index contributed by atoms with van der Waals surface area (Å²) in [5.41, 5.74) is -0.953. The first-order valence-corrected chi connectivity index (χ1v) is 10.0. The van der Waals surface area contributed by atoms with Crippen LogP contribution in [0, 0.1) is 0 Å². The van der Waals surface area contributed by atoms with E-state index in [-0.39, 0.29) is 0 Å². The van der Waals surface area contributed by atoms with Gasteiger partial charge in [-0.1, -0.05) is 17.7 Å². The van der Waals surface area contributed by atoms with Crippen LogP contribution in [0.1, 0.15) is 53.4 Å². The second kappa shape index (κ2) is 11.0. The maximum absolute atomic E-state index is 10.1. The maximum Gasteiger partial charge on any atom is 0.187 e. The third-order valence-electron chi connectivity index (χ3n) is 5.43. The summed E-state index contributed by atoms with van der Waals surface area (Å²) < 4.78 is 11.2. The summed E-state index contributed by atoms with van der Waals surface area (Å²) in [5.74, 6) is 0. The Morgan fingerprint density at radius 3 is 2.31 bits per heavy atom. The molecule has 0 aromatic heterocycles. The van der Waals surface area contributed by atoms with E-state index < -0.39 is 54.6 Å². The third kappa shape index (κ3) is 7.73. The number of aliphatic hydroxyl groups excluding tert-OH is 5. The Morgan fingerprint density at radius 1 is 1.17 bits per heavy atom. The van der Waals surface area contributed by atoms with Crippen LogP contribution in [-0.4, -0.2) is 85.3 Å². The predicted molar refractivity (Wildman–Crippen MR) is 108 cm³/mol. The van der Waals surface area contributed by atoms with Crippen molar-refractivity contribution < 1.29 is 40.1 Å². The molecule has 8 heteroatoms. The minimum absolute atomic E-state index is 0.450. The van der Waals surface area contributed by atoms with Crippen molar-refractivity contribution in [1.82, 2.24) is 0 Å². The van der Waals surface area contributed by atoms with Crippen LogP contribution in [0.4, 0.5) is 0 Å². The molecule has 1 heterocycles. The van der Waals surface area contributed by atoms with Crippen LogP contribution < -0.4 is 0 Å². The zero-order chi connectivity index (χ0) is 22.4. The highest BCUT2D eigenvalue weighted by atomic mass is 16.7. The van der Waals surface area contributed by atoms with Crippen molar-refractivity contribution in [3.63, 3.8) is 0 Å². The Kier molecular flexibility index (Phi) is 9.91. The van der Waals surface area contributed by atoms with Gasteiger partial charge in [-0.25, -0.2) is 0 Å². The number of aliphatic hydroxyl groups is 6. The molecule has 1 saturated heterocycles. The minimum atomic E-state index is -1.50. The van der Waals surface area contributed by atoms with Gasteiger partial charge in [-0.2, -0.15) is 0 Å². The lowest BCUT2D eigenvalue weighted by atomic mass is 9.94. The lowest BCUT2D eigenvalue weighted by Crippen LogP contribution is -2.60. The molecule has 0 amide bonds. The van der Waals surface area contributed by atoms with Crippen LogP contribution in [0.3, 0.4) is 0 Å². The van der Waals surface area contributed by atoms with Crippen molar-refractivity contribution in [1.29, 1.82) is 0 Å². The van der Waals surface area contributed by atoms with Crippen LogP contribution in [0.5, 0.6) is 0 Å². The van der Waals surface area contributed by atoms with Gasteiger partial charge in [0.05, 0.1) is 23.9 Å². The molecule has 0 aliphatic carbocycles. The van der Waals surface area contributed by atoms with Gasteiger partial charge in [-0.05, 0) is 53.4 Å². The molecule has 0 unspecified atom stereocenters. The van der Waals surface area contributed by atoms with Crippen LogP contribution in [-0.2, 0) is 9.47 Å². The summed E-state index contributed by atoms with van der Waals surface area (Å²) in [4.78, 5) is 0. The molecule has 1 fully saturated rings. The molecule has 0 spiro atoms. The van der Waals surface area contributed by atoms with Gasteiger partial charge < -0.3 is 40.1 Å². The average molecular weight is 419 g/mol. The summed E-state index contributed by atoms with van der Waals surface area (Å²) in [5, 5.41) is 58.9. The number of allylic oxidation sites excluding steroid dienone is 2. The van der Waals surface area contributed by atoms with Crippen LogP contribution in [0.15, 0.2) is 24.3 Å². The van der Waals surface area contributed by atoms with E-state index in [0.29, 0.717) is 25.7 Å². The zero-order valence-electron chi connectivity index (χ0n) is 17.9. The van der Waals surface area contributed by atoms with Gasteiger partial charge in [0.25, 0.3) is 0 Å². The molecule has 170 valence electrons. The summed E-state index contributed by atoms with van der Waals surface area (Å²) in [6, 6.07) is 0. The van der Waals surface area contributed by atoms with Gasteiger partial charge in [-0.3, -0.25) is 0 Å². The quantitative estimate of drug-likeness (QED) is 0.265. The van der Waals surface area contributed by atoms with E-state index in [2.05, 4.69) is 6.58 Å². The Labute approximate surface area is 173 Å². The van der Waals surface area contributed by atoms with Gasteiger partial charge in [0, 0.05) is 0 Å². The highest BCUT2D eigenvalue weighted by Crippen LogP contribution is 2.29. The average Bonchev–Trinajstić information content (AvgIpc) is 2.65. The van der Waals surface area contributed by atoms with Gasteiger partial charge in [0.1, 0.15) is 24.4 Å². The summed E-state index contributed by atoms with van der Waals surface area (Å²) in [6.45, 7) is 10.1. The van der Waals surface area contributed by atoms with Crippen molar-refractivity contribution in [2.45, 2.75) is 101 Å². The van der Waals surface area contributed by atoms with E-state index in [0.717, 1.165) is 5.57 Å². The second-order valence-corrected chi connectivity index (χ2v) is 8.63. The zero-order valence-corrected chi connectivity index (χ0v) is 17.9. The van der Waals surface area contributed by atoms with Gasteiger partial charge >= 0.3 is 0 Å². The fourth-order valence-corrected chi connectivity index (χ4v) is 3.06. The van der Waals surface area contributed by atoms with Crippen LogP contribution >= 0.6 is 0 Å². The van der Waals surface area contributed by atoms with E-state index in [1.165, 1.54) is 0 Å². The second-order valence-electron chi connectivity index (χ2n) is 8.63. The van der Waals surface area contributed by atoms with Gasteiger partial charge in [-0.15, -0.1) is 6.58 Å². The highest BCUT2D eigenvalue weighted by Gasteiger charge is 2.45. The van der Waals surface area contributed by atoms with Crippen molar-refractivity contribution in [3.8, 4) is 0 Å². The SMILES string of the molecule is C=C[C@](C)(CC/C=C(\C)CC[C@H](O)C(C)(C)O)O[C@@H]1O[C@H](CO)[C@@H](O)[C@H](O)[C@H]1O. The van der Waals surface area contributed by atoms with E-state index >= 15 is 0 Å². The Bertz CT molecular complexity index is 541. The fraction of sp³-hybridized carbons (Fsp3) is 0.810. The van der Waals surface area contributed by atoms with Crippen LogP contribution in [0.25, 0.3) is 0 Å². The fourth-order valence-electron chi connectivity index (χ4n) is 3.06. The number of rotatable bonds is 11. The van der Waals surface area contributed by atoms with Crippen molar-refractivity contribution in [2.24, 2.45) is 0 Å². The molecule has 0 aromatic carbocycles. The van der Waals surface area contributed by atoms with Crippen molar-refractivity contribution >= 4 is 0 Å². The molecular weight excluding hydrogens is 380 g/mol. The molecule has 1 aliphatic rings. The maximum atomic E-state index is 10.1. The first kappa shape index (κ1) is 26.2.